The monoisotopic (exact) mass is 373 g/mol. The van der Waals surface area contributed by atoms with Crippen LogP contribution in [0.3, 0.4) is 0 Å². The molecule has 0 fully saturated rings. The van der Waals surface area contributed by atoms with E-state index in [9.17, 15) is 4.79 Å². The number of nitrogens with zero attached hydrogens (tertiary/aromatic N) is 2. The van der Waals surface area contributed by atoms with E-state index in [4.69, 9.17) is 0 Å². The Kier molecular flexibility index (Phi) is 6.79. The average molecular weight is 374 g/mol. The molecule has 0 aliphatic carbocycles. The van der Waals surface area contributed by atoms with Crippen molar-refractivity contribution in [1.29, 1.82) is 0 Å². The molecule has 0 radical (unpaired) electrons. The van der Waals surface area contributed by atoms with E-state index in [1.807, 2.05) is 54.6 Å². The van der Waals surface area contributed by atoms with Gasteiger partial charge in [0, 0.05) is 24.3 Å². The van der Waals surface area contributed by atoms with Crippen molar-refractivity contribution in [2.75, 3.05) is 18.0 Å². The van der Waals surface area contributed by atoms with Gasteiger partial charge in [0.2, 0.25) is 0 Å². The molecule has 0 aliphatic rings. The van der Waals surface area contributed by atoms with E-state index in [-0.39, 0.29) is 5.91 Å². The van der Waals surface area contributed by atoms with Gasteiger partial charge in [0.15, 0.2) is 0 Å². The zero-order valence-electron chi connectivity index (χ0n) is 16.6. The second-order valence-electron chi connectivity index (χ2n) is 6.84. The zero-order valence-corrected chi connectivity index (χ0v) is 16.6. The lowest BCUT2D eigenvalue weighted by molar-refractivity contribution is 0.0955. The molecule has 0 aromatic heterocycles. The maximum atomic E-state index is 12.3. The highest BCUT2D eigenvalue weighted by atomic mass is 16.2. The van der Waals surface area contributed by atoms with Crippen LogP contribution in [0.15, 0.2) is 71.8 Å². The highest BCUT2D eigenvalue weighted by Crippen LogP contribution is 2.16. The van der Waals surface area contributed by atoms with Crippen molar-refractivity contribution < 1.29 is 4.79 Å². The van der Waals surface area contributed by atoms with Gasteiger partial charge in [-0.1, -0.05) is 56.3 Å². The van der Waals surface area contributed by atoms with E-state index in [0.717, 1.165) is 42.3 Å². The molecule has 144 valence electrons. The maximum absolute atomic E-state index is 12.3. The van der Waals surface area contributed by atoms with Crippen LogP contribution in [0.1, 0.15) is 42.6 Å². The first kappa shape index (κ1) is 19.6. The average Bonchev–Trinajstić information content (AvgIpc) is 2.73. The maximum Gasteiger partial charge on any atom is 0.271 e. The van der Waals surface area contributed by atoms with Gasteiger partial charge in [0.1, 0.15) is 0 Å². The van der Waals surface area contributed by atoms with Crippen LogP contribution in [-0.4, -0.2) is 25.2 Å². The fourth-order valence-electron chi connectivity index (χ4n) is 3.24. The van der Waals surface area contributed by atoms with Gasteiger partial charge in [-0.15, -0.1) is 0 Å². The summed E-state index contributed by atoms with van der Waals surface area (Å²) in [6.45, 7) is 6.51. The number of rotatable bonds is 8. The van der Waals surface area contributed by atoms with Crippen LogP contribution in [0.2, 0.25) is 0 Å². The Morgan fingerprint density at radius 1 is 0.929 bits per heavy atom. The minimum atomic E-state index is -0.212. The predicted octanol–water partition coefficient (Wildman–Crippen LogP) is 5.23. The van der Waals surface area contributed by atoms with Gasteiger partial charge in [-0.25, -0.2) is 5.43 Å². The van der Waals surface area contributed by atoms with Crippen LogP contribution in [-0.2, 0) is 0 Å². The Hall–Kier alpha value is -3.14. The molecular formula is C24H27N3O. The summed E-state index contributed by atoms with van der Waals surface area (Å²) >= 11 is 0. The van der Waals surface area contributed by atoms with Crippen LogP contribution in [0.4, 0.5) is 5.69 Å². The smallest absolute Gasteiger partial charge is 0.271 e. The van der Waals surface area contributed by atoms with E-state index < -0.39 is 0 Å². The molecule has 4 heteroatoms. The van der Waals surface area contributed by atoms with Gasteiger partial charge < -0.3 is 4.90 Å². The van der Waals surface area contributed by atoms with Gasteiger partial charge in [0.25, 0.3) is 5.91 Å². The van der Waals surface area contributed by atoms with Crippen molar-refractivity contribution in [3.05, 3.63) is 77.9 Å². The van der Waals surface area contributed by atoms with Crippen molar-refractivity contribution in [3.8, 4) is 0 Å². The molecule has 1 N–H and O–H groups in total. The quantitative estimate of drug-likeness (QED) is 0.434. The Morgan fingerprint density at radius 3 is 2.29 bits per heavy atom. The predicted molar refractivity (Wildman–Crippen MR) is 118 cm³/mol. The zero-order chi connectivity index (χ0) is 19.8. The van der Waals surface area contributed by atoms with Gasteiger partial charge in [-0.05, 0) is 53.4 Å². The van der Waals surface area contributed by atoms with Crippen LogP contribution >= 0.6 is 0 Å². The first-order valence-electron chi connectivity index (χ1n) is 9.88. The Morgan fingerprint density at radius 2 is 1.61 bits per heavy atom. The lowest BCUT2D eigenvalue weighted by Gasteiger charge is -2.23. The van der Waals surface area contributed by atoms with Crippen LogP contribution in [0.25, 0.3) is 10.8 Å². The number of carbonyl (C=O) groups excluding carboxylic acids is 1. The van der Waals surface area contributed by atoms with Crippen molar-refractivity contribution >= 4 is 28.6 Å². The summed E-state index contributed by atoms with van der Waals surface area (Å²) in [7, 11) is 0. The number of anilines is 1. The summed E-state index contributed by atoms with van der Waals surface area (Å²) in [5.74, 6) is -0.212. The Balaban J connectivity index is 1.62. The number of benzene rings is 3. The molecule has 4 nitrogen and oxygen atoms in total. The van der Waals surface area contributed by atoms with Crippen molar-refractivity contribution in [2.24, 2.45) is 5.10 Å². The molecule has 0 unspecified atom stereocenters. The highest BCUT2D eigenvalue weighted by Gasteiger charge is 2.06. The molecule has 0 saturated heterocycles. The normalized spacial score (nSPS) is 11.1. The number of carbonyl (C=O) groups is 1. The topological polar surface area (TPSA) is 44.7 Å². The number of hydrazone groups is 1. The second-order valence-corrected chi connectivity index (χ2v) is 6.84. The van der Waals surface area contributed by atoms with E-state index in [2.05, 4.69) is 41.4 Å². The van der Waals surface area contributed by atoms with E-state index in [1.54, 1.807) is 6.21 Å². The molecule has 0 atom stereocenters. The number of nitrogens with one attached hydrogen (secondary N) is 1. The molecule has 3 aromatic rings. The van der Waals surface area contributed by atoms with Gasteiger partial charge in [0.05, 0.1) is 6.21 Å². The number of fused-ring (bicyclic) bond motifs is 1. The van der Waals surface area contributed by atoms with E-state index in [0.29, 0.717) is 5.56 Å². The molecule has 28 heavy (non-hydrogen) atoms. The Bertz CT molecular complexity index is 941. The third-order valence-electron chi connectivity index (χ3n) is 4.64. The fraction of sp³-hybridized carbons (Fsp3) is 0.250. The van der Waals surface area contributed by atoms with Crippen LogP contribution in [0.5, 0.6) is 0 Å². The number of amides is 1. The molecule has 0 aliphatic heterocycles. The second kappa shape index (κ2) is 9.70. The van der Waals surface area contributed by atoms with Crippen molar-refractivity contribution in [2.45, 2.75) is 26.7 Å². The summed E-state index contributed by atoms with van der Waals surface area (Å²) in [6.07, 6.45) is 3.93. The third kappa shape index (κ3) is 4.97. The number of hydrogen-bond acceptors (Lipinski definition) is 3. The summed E-state index contributed by atoms with van der Waals surface area (Å²) in [5.41, 5.74) is 5.39. The van der Waals surface area contributed by atoms with Gasteiger partial charge in [-0.3, -0.25) is 4.79 Å². The Labute approximate surface area is 166 Å². The molecule has 0 bridgehead atoms. The van der Waals surface area contributed by atoms with Crippen molar-refractivity contribution in [3.63, 3.8) is 0 Å². The van der Waals surface area contributed by atoms with Gasteiger partial charge >= 0.3 is 0 Å². The number of hydrogen-bond donors (Lipinski definition) is 1. The molecule has 0 heterocycles. The molecular weight excluding hydrogens is 346 g/mol. The summed E-state index contributed by atoms with van der Waals surface area (Å²) in [6, 6.07) is 21.9. The van der Waals surface area contributed by atoms with Crippen molar-refractivity contribution in [1.82, 2.24) is 5.43 Å². The van der Waals surface area contributed by atoms with E-state index in [1.165, 1.54) is 5.69 Å². The molecule has 0 saturated carbocycles. The molecule has 1 amide bonds. The van der Waals surface area contributed by atoms with Crippen LogP contribution < -0.4 is 10.3 Å². The molecule has 3 aromatic carbocycles. The largest absolute Gasteiger partial charge is 0.372 e. The van der Waals surface area contributed by atoms with Crippen LogP contribution in [0, 0.1) is 0 Å². The summed E-state index contributed by atoms with van der Waals surface area (Å²) in [5, 5.41) is 6.26. The SMILES string of the molecule is CCCN(CCC)c1ccc(/C=N\NC(=O)c2ccc3ccccc3c2)cc1. The molecule has 0 spiro atoms. The lowest BCUT2D eigenvalue weighted by Crippen LogP contribution is -2.24. The molecule has 3 rings (SSSR count). The van der Waals surface area contributed by atoms with Gasteiger partial charge in [-0.2, -0.15) is 5.10 Å². The first-order valence-corrected chi connectivity index (χ1v) is 9.88. The minimum Gasteiger partial charge on any atom is -0.372 e. The first-order chi connectivity index (χ1) is 13.7. The fourth-order valence-corrected chi connectivity index (χ4v) is 3.24. The third-order valence-corrected chi connectivity index (χ3v) is 4.64. The minimum absolute atomic E-state index is 0.212. The highest BCUT2D eigenvalue weighted by molar-refractivity contribution is 5.99. The summed E-state index contributed by atoms with van der Waals surface area (Å²) < 4.78 is 0. The lowest BCUT2D eigenvalue weighted by atomic mass is 10.1. The van der Waals surface area contributed by atoms with E-state index >= 15 is 0 Å². The standard InChI is InChI=1S/C24H27N3O/c1-3-15-27(16-4-2)23-13-9-19(10-14-23)18-25-26-24(28)22-12-11-20-7-5-6-8-21(20)17-22/h5-14,17-18H,3-4,15-16H2,1-2H3,(H,26,28)/b25-18-. The summed E-state index contributed by atoms with van der Waals surface area (Å²) in [4.78, 5) is 14.7.